The summed E-state index contributed by atoms with van der Waals surface area (Å²) in [5.74, 6) is 0. The first-order valence-corrected chi connectivity index (χ1v) is 9.77. The molecule has 24 heavy (non-hydrogen) atoms. The summed E-state index contributed by atoms with van der Waals surface area (Å²) in [6.07, 6.45) is 3.21. The molecular formula is C18H31BO4S. The molecule has 2 heterocycles. The largest absolute Gasteiger partial charge is 0.505 e. The fourth-order valence-corrected chi connectivity index (χ4v) is 3.31. The van der Waals surface area contributed by atoms with Crippen LogP contribution in [0.5, 0.6) is 0 Å². The van der Waals surface area contributed by atoms with Crippen molar-refractivity contribution in [2.75, 3.05) is 26.4 Å². The van der Waals surface area contributed by atoms with Gasteiger partial charge in [-0.05, 0) is 40.2 Å². The second kappa shape index (κ2) is 8.81. The van der Waals surface area contributed by atoms with Gasteiger partial charge in [0.25, 0.3) is 0 Å². The Labute approximate surface area is 151 Å². The van der Waals surface area contributed by atoms with Crippen molar-refractivity contribution in [3.05, 3.63) is 17.0 Å². The van der Waals surface area contributed by atoms with Crippen molar-refractivity contribution >= 4 is 23.2 Å². The molecule has 1 saturated heterocycles. The summed E-state index contributed by atoms with van der Waals surface area (Å²) >= 11 is 1.75. The van der Waals surface area contributed by atoms with E-state index >= 15 is 0 Å². The zero-order valence-corrected chi connectivity index (χ0v) is 16.5. The highest BCUT2D eigenvalue weighted by molar-refractivity contribution is 7.22. The van der Waals surface area contributed by atoms with E-state index in [0.717, 1.165) is 30.8 Å². The highest BCUT2D eigenvalue weighted by Gasteiger charge is 2.52. The Kier molecular flexibility index (Phi) is 7.31. The Morgan fingerprint density at radius 3 is 2.21 bits per heavy atom. The first-order valence-electron chi connectivity index (χ1n) is 8.95. The number of hydrogen-bond acceptors (Lipinski definition) is 5. The summed E-state index contributed by atoms with van der Waals surface area (Å²) in [6.45, 7) is 13.4. The molecule has 0 aromatic carbocycles. The Balaban J connectivity index is 1.69. The van der Waals surface area contributed by atoms with E-state index in [1.807, 2.05) is 0 Å². The summed E-state index contributed by atoms with van der Waals surface area (Å²) in [5.41, 5.74) is -0.578. The molecule has 0 spiro atoms. The predicted octanol–water partition coefficient (Wildman–Crippen LogP) is 3.42. The molecule has 1 fully saturated rings. The summed E-state index contributed by atoms with van der Waals surface area (Å²) in [5, 5.41) is 0. The molecule has 0 radical (unpaired) electrons. The van der Waals surface area contributed by atoms with Crippen molar-refractivity contribution in [2.45, 2.75) is 65.1 Å². The number of thiophene rings is 1. The first-order chi connectivity index (χ1) is 11.4. The zero-order valence-electron chi connectivity index (χ0n) is 15.7. The molecule has 0 amide bonds. The van der Waals surface area contributed by atoms with Gasteiger partial charge in [-0.3, -0.25) is 0 Å². The maximum atomic E-state index is 6.09. The van der Waals surface area contributed by atoms with Crippen molar-refractivity contribution in [2.24, 2.45) is 0 Å². The van der Waals surface area contributed by atoms with Gasteiger partial charge in [-0.15, -0.1) is 11.3 Å². The molecule has 0 bridgehead atoms. The van der Waals surface area contributed by atoms with Gasteiger partial charge in [0.1, 0.15) is 0 Å². The molecule has 6 heteroatoms. The summed E-state index contributed by atoms with van der Waals surface area (Å²) in [4.78, 5) is 1.30. The lowest BCUT2D eigenvalue weighted by Gasteiger charge is -2.32. The molecule has 2 rings (SSSR count). The van der Waals surface area contributed by atoms with Crippen molar-refractivity contribution < 1.29 is 18.8 Å². The van der Waals surface area contributed by atoms with Gasteiger partial charge in [-0.2, -0.15) is 0 Å². The lowest BCUT2D eigenvalue weighted by atomic mass is 9.88. The minimum Gasteiger partial charge on any atom is -0.399 e. The first kappa shape index (κ1) is 19.9. The van der Waals surface area contributed by atoms with Crippen LogP contribution in [0.3, 0.4) is 0 Å². The second-order valence-electron chi connectivity index (χ2n) is 7.22. The number of rotatable bonds is 10. The Morgan fingerprint density at radius 1 is 0.958 bits per heavy atom. The molecule has 1 aliphatic rings. The molecule has 1 aliphatic heterocycles. The molecule has 0 aliphatic carbocycles. The van der Waals surface area contributed by atoms with Crippen LogP contribution >= 0.6 is 11.3 Å². The topological polar surface area (TPSA) is 36.9 Å². The van der Waals surface area contributed by atoms with Crippen LogP contribution < -0.4 is 4.78 Å². The fourth-order valence-electron chi connectivity index (χ4n) is 2.36. The SMILES string of the molecule is CCCCOCCOCCc1ccc(B2OC(C)(C)C(C)(C)O2)s1. The van der Waals surface area contributed by atoms with Crippen LogP contribution in [0.2, 0.25) is 0 Å². The maximum absolute atomic E-state index is 6.09. The van der Waals surface area contributed by atoms with Gasteiger partial charge in [0.2, 0.25) is 0 Å². The van der Waals surface area contributed by atoms with Crippen LogP contribution in [-0.2, 0) is 25.2 Å². The molecule has 136 valence electrons. The molecule has 0 saturated carbocycles. The third-order valence-electron chi connectivity index (χ3n) is 4.68. The van der Waals surface area contributed by atoms with E-state index in [2.05, 4.69) is 46.8 Å². The minimum atomic E-state index is -0.289. The van der Waals surface area contributed by atoms with Gasteiger partial charge in [0.05, 0.1) is 31.0 Å². The van der Waals surface area contributed by atoms with Gasteiger partial charge in [0, 0.05) is 22.7 Å². The summed E-state index contributed by atoms with van der Waals surface area (Å²) in [6, 6.07) is 4.25. The van der Waals surface area contributed by atoms with Crippen LogP contribution in [0, 0.1) is 0 Å². The third-order valence-corrected chi connectivity index (χ3v) is 5.84. The maximum Gasteiger partial charge on any atom is 0.505 e. The normalized spacial score (nSPS) is 19.1. The van der Waals surface area contributed by atoms with E-state index in [1.165, 1.54) is 11.3 Å². The van der Waals surface area contributed by atoms with Crippen LogP contribution in [-0.4, -0.2) is 44.7 Å². The summed E-state index contributed by atoms with van der Waals surface area (Å²) in [7, 11) is -0.262. The average Bonchev–Trinajstić information content (AvgIpc) is 3.05. The average molecular weight is 354 g/mol. The predicted molar refractivity (Wildman–Crippen MR) is 100 cm³/mol. The van der Waals surface area contributed by atoms with Crippen LogP contribution in [0.4, 0.5) is 0 Å². The van der Waals surface area contributed by atoms with E-state index in [1.54, 1.807) is 11.3 Å². The van der Waals surface area contributed by atoms with Crippen molar-refractivity contribution in [3.63, 3.8) is 0 Å². The lowest BCUT2D eigenvalue weighted by molar-refractivity contribution is 0.00578. The smallest absolute Gasteiger partial charge is 0.399 e. The van der Waals surface area contributed by atoms with Crippen LogP contribution in [0.1, 0.15) is 52.3 Å². The lowest BCUT2D eigenvalue weighted by Crippen LogP contribution is -2.41. The molecular weight excluding hydrogens is 323 g/mol. The van der Waals surface area contributed by atoms with Crippen LogP contribution in [0.15, 0.2) is 12.1 Å². The molecule has 4 nitrogen and oxygen atoms in total. The molecule has 0 atom stereocenters. The number of unbranched alkanes of at least 4 members (excludes halogenated alkanes) is 1. The Hall–Kier alpha value is -0.395. The Bertz CT molecular complexity index is 485. The van der Waals surface area contributed by atoms with Crippen molar-refractivity contribution in [3.8, 4) is 0 Å². The summed E-state index contributed by atoms with van der Waals surface area (Å²) < 4.78 is 24.4. The molecule has 0 N–H and O–H groups in total. The molecule has 1 aromatic heterocycles. The zero-order chi connectivity index (χ0) is 17.6. The standard InChI is InChI=1S/C18H31BO4S/c1-6-7-11-20-13-14-21-12-10-15-8-9-16(24-15)19-22-17(2,3)18(4,5)23-19/h8-9H,6-7,10-14H2,1-5H3. The van der Waals surface area contributed by atoms with E-state index < -0.39 is 0 Å². The Morgan fingerprint density at radius 2 is 1.58 bits per heavy atom. The fraction of sp³-hybridized carbons (Fsp3) is 0.778. The van der Waals surface area contributed by atoms with E-state index in [0.29, 0.717) is 13.2 Å². The quantitative estimate of drug-likeness (QED) is 0.477. The van der Waals surface area contributed by atoms with Gasteiger partial charge < -0.3 is 18.8 Å². The van der Waals surface area contributed by atoms with E-state index in [-0.39, 0.29) is 18.3 Å². The van der Waals surface area contributed by atoms with Gasteiger partial charge in [-0.25, -0.2) is 0 Å². The number of hydrogen-bond donors (Lipinski definition) is 0. The molecule has 1 aromatic rings. The van der Waals surface area contributed by atoms with E-state index in [9.17, 15) is 0 Å². The molecule has 0 unspecified atom stereocenters. The van der Waals surface area contributed by atoms with Crippen molar-refractivity contribution in [1.82, 2.24) is 0 Å². The number of ether oxygens (including phenoxy) is 2. The minimum absolute atomic E-state index is 0.262. The van der Waals surface area contributed by atoms with E-state index in [4.69, 9.17) is 18.8 Å². The third kappa shape index (κ3) is 5.30. The monoisotopic (exact) mass is 354 g/mol. The van der Waals surface area contributed by atoms with Gasteiger partial charge >= 0.3 is 7.12 Å². The second-order valence-corrected chi connectivity index (χ2v) is 8.42. The highest BCUT2D eigenvalue weighted by atomic mass is 32.1. The highest BCUT2D eigenvalue weighted by Crippen LogP contribution is 2.36. The van der Waals surface area contributed by atoms with Crippen molar-refractivity contribution in [1.29, 1.82) is 0 Å². The van der Waals surface area contributed by atoms with Crippen LogP contribution in [0.25, 0.3) is 0 Å². The van der Waals surface area contributed by atoms with Gasteiger partial charge in [0.15, 0.2) is 0 Å². The van der Waals surface area contributed by atoms with Gasteiger partial charge in [-0.1, -0.05) is 19.4 Å².